The van der Waals surface area contributed by atoms with Crippen molar-refractivity contribution >= 4 is 23.1 Å². The van der Waals surface area contributed by atoms with Gasteiger partial charge in [0.2, 0.25) is 0 Å². The number of hydrogen-bond acceptors (Lipinski definition) is 4. The second-order valence-electron chi connectivity index (χ2n) is 4.61. The van der Waals surface area contributed by atoms with Crippen LogP contribution in [0.25, 0.3) is 0 Å². The largest absolute Gasteiger partial charge is 0.309 e. The first-order valence-corrected chi connectivity index (χ1v) is 8.46. The lowest BCUT2D eigenvalue weighted by atomic mass is 10.0. The van der Waals surface area contributed by atoms with Gasteiger partial charge in [-0.25, -0.2) is 0 Å². The summed E-state index contributed by atoms with van der Waals surface area (Å²) >= 11 is 3.89. The number of thioether (sulfide) groups is 1. The van der Waals surface area contributed by atoms with Gasteiger partial charge in [0.25, 0.3) is 0 Å². The number of thiophene rings is 1. The van der Waals surface area contributed by atoms with E-state index >= 15 is 0 Å². The summed E-state index contributed by atoms with van der Waals surface area (Å²) in [5, 5.41) is 8.20. The molecular weight excluding hydrogens is 248 g/mol. The Morgan fingerprint density at radius 1 is 1.59 bits per heavy atom. The summed E-state index contributed by atoms with van der Waals surface area (Å²) in [7, 11) is 2.26. The van der Waals surface area contributed by atoms with E-state index in [1.807, 2.05) is 0 Å². The first kappa shape index (κ1) is 13.4. The molecule has 1 aromatic heterocycles. The minimum absolute atomic E-state index is 0.499. The van der Waals surface area contributed by atoms with Crippen LogP contribution in [0.4, 0.5) is 0 Å². The Morgan fingerprint density at radius 3 is 3.12 bits per heavy atom. The van der Waals surface area contributed by atoms with E-state index in [1.54, 1.807) is 11.3 Å². The van der Waals surface area contributed by atoms with Crippen LogP contribution in [-0.4, -0.2) is 42.6 Å². The van der Waals surface area contributed by atoms with E-state index < -0.39 is 0 Å². The van der Waals surface area contributed by atoms with Crippen molar-refractivity contribution in [3.8, 4) is 0 Å². The molecule has 2 rings (SSSR count). The first-order valence-electron chi connectivity index (χ1n) is 6.36. The van der Waals surface area contributed by atoms with Crippen molar-refractivity contribution in [1.29, 1.82) is 0 Å². The van der Waals surface area contributed by atoms with Gasteiger partial charge in [0.15, 0.2) is 0 Å². The zero-order valence-electron chi connectivity index (χ0n) is 10.7. The van der Waals surface area contributed by atoms with Crippen LogP contribution in [0.5, 0.6) is 0 Å². The maximum Gasteiger partial charge on any atom is 0.0494 e. The fourth-order valence-corrected chi connectivity index (χ4v) is 4.25. The van der Waals surface area contributed by atoms with Gasteiger partial charge in [-0.3, -0.25) is 4.90 Å². The SMILES string of the molecule is CCCNC(c1ccsc1)C1CSCCN1C. The van der Waals surface area contributed by atoms with Gasteiger partial charge in [0.05, 0.1) is 0 Å². The van der Waals surface area contributed by atoms with E-state index in [2.05, 4.69) is 52.8 Å². The Balaban J connectivity index is 2.08. The molecule has 0 spiro atoms. The lowest BCUT2D eigenvalue weighted by Gasteiger charge is -2.38. The van der Waals surface area contributed by atoms with Crippen LogP contribution in [-0.2, 0) is 0 Å². The summed E-state index contributed by atoms with van der Waals surface area (Å²) in [5.41, 5.74) is 1.46. The fourth-order valence-electron chi connectivity index (χ4n) is 2.28. The molecule has 0 saturated carbocycles. The normalized spacial score (nSPS) is 23.8. The zero-order chi connectivity index (χ0) is 12.1. The predicted molar refractivity (Wildman–Crippen MR) is 79.1 cm³/mol. The minimum atomic E-state index is 0.499. The summed E-state index contributed by atoms with van der Waals surface area (Å²) < 4.78 is 0. The standard InChI is InChI=1S/C13H22N2S2/c1-3-5-14-13(11-4-7-16-9-11)12-10-17-8-6-15(12)2/h4,7,9,12-14H,3,5-6,8,10H2,1-2H3. The third-order valence-electron chi connectivity index (χ3n) is 3.34. The molecule has 2 nitrogen and oxygen atoms in total. The third kappa shape index (κ3) is 3.47. The van der Waals surface area contributed by atoms with Gasteiger partial charge in [-0.05, 0) is 42.4 Å². The topological polar surface area (TPSA) is 15.3 Å². The number of rotatable bonds is 5. The molecule has 2 heterocycles. The predicted octanol–water partition coefficient (Wildman–Crippen LogP) is 2.84. The summed E-state index contributed by atoms with van der Waals surface area (Å²) in [6.45, 7) is 4.55. The molecule has 1 N–H and O–H groups in total. The highest BCUT2D eigenvalue weighted by molar-refractivity contribution is 7.99. The zero-order valence-corrected chi connectivity index (χ0v) is 12.3. The van der Waals surface area contributed by atoms with Crippen molar-refractivity contribution < 1.29 is 0 Å². The Kier molecular flexibility index (Phi) is 5.35. The van der Waals surface area contributed by atoms with Gasteiger partial charge in [0, 0.05) is 30.1 Å². The van der Waals surface area contributed by atoms with E-state index in [9.17, 15) is 0 Å². The molecule has 96 valence electrons. The number of hydrogen-bond donors (Lipinski definition) is 1. The molecule has 2 atom stereocenters. The number of nitrogens with one attached hydrogen (secondary N) is 1. The molecule has 2 unspecified atom stereocenters. The summed E-state index contributed by atoms with van der Waals surface area (Å²) in [5.74, 6) is 2.52. The van der Waals surface area contributed by atoms with Crippen molar-refractivity contribution in [2.45, 2.75) is 25.4 Å². The van der Waals surface area contributed by atoms with Crippen LogP contribution in [0.15, 0.2) is 16.8 Å². The molecule has 1 aliphatic rings. The van der Waals surface area contributed by atoms with E-state index in [-0.39, 0.29) is 0 Å². The highest BCUT2D eigenvalue weighted by atomic mass is 32.2. The Morgan fingerprint density at radius 2 is 2.47 bits per heavy atom. The second-order valence-corrected chi connectivity index (χ2v) is 6.54. The quantitative estimate of drug-likeness (QED) is 0.886. The summed E-state index contributed by atoms with van der Waals surface area (Å²) in [4.78, 5) is 2.52. The van der Waals surface area contributed by atoms with Crippen LogP contribution in [0.3, 0.4) is 0 Å². The van der Waals surface area contributed by atoms with Crippen molar-refractivity contribution in [2.24, 2.45) is 0 Å². The summed E-state index contributed by atoms with van der Waals surface area (Å²) in [6.07, 6.45) is 1.20. The maximum absolute atomic E-state index is 3.72. The van der Waals surface area contributed by atoms with Crippen LogP contribution < -0.4 is 5.32 Å². The second kappa shape index (κ2) is 6.78. The summed E-state index contributed by atoms with van der Waals surface area (Å²) in [6, 6.07) is 3.40. The van der Waals surface area contributed by atoms with Crippen molar-refractivity contribution in [2.75, 3.05) is 31.6 Å². The molecule has 0 aromatic carbocycles. The highest BCUT2D eigenvalue weighted by Crippen LogP contribution is 2.28. The average molecular weight is 270 g/mol. The molecule has 0 bridgehead atoms. The maximum atomic E-state index is 3.72. The van der Waals surface area contributed by atoms with Crippen LogP contribution in [0.1, 0.15) is 24.9 Å². The van der Waals surface area contributed by atoms with E-state index in [0.29, 0.717) is 12.1 Å². The molecule has 0 amide bonds. The van der Waals surface area contributed by atoms with E-state index in [1.165, 1.54) is 30.0 Å². The van der Waals surface area contributed by atoms with E-state index in [4.69, 9.17) is 0 Å². The Hall–Kier alpha value is -0.0300. The van der Waals surface area contributed by atoms with Crippen LogP contribution >= 0.6 is 23.1 Å². The average Bonchev–Trinajstić information content (AvgIpc) is 2.85. The molecule has 1 aromatic rings. The van der Waals surface area contributed by atoms with Crippen molar-refractivity contribution in [3.05, 3.63) is 22.4 Å². The molecule has 17 heavy (non-hydrogen) atoms. The smallest absolute Gasteiger partial charge is 0.0494 e. The fraction of sp³-hybridized carbons (Fsp3) is 0.692. The van der Waals surface area contributed by atoms with Gasteiger partial charge in [-0.1, -0.05) is 6.92 Å². The number of nitrogens with zero attached hydrogens (tertiary/aromatic N) is 1. The Bertz CT molecular complexity index is 313. The highest BCUT2D eigenvalue weighted by Gasteiger charge is 2.28. The van der Waals surface area contributed by atoms with Gasteiger partial charge < -0.3 is 5.32 Å². The number of likely N-dealkylation sites (N-methyl/N-ethyl adjacent to an activating group) is 1. The van der Waals surface area contributed by atoms with Gasteiger partial charge in [-0.2, -0.15) is 23.1 Å². The third-order valence-corrected chi connectivity index (χ3v) is 5.09. The van der Waals surface area contributed by atoms with Crippen molar-refractivity contribution in [1.82, 2.24) is 10.2 Å². The van der Waals surface area contributed by atoms with Crippen LogP contribution in [0.2, 0.25) is 0 Å². The van der Waals surface area contributed by atoms with Gasteiger partial charge >= 0.3 is 0 Å². The van der Waals surface area contributed by atoms with Crippen molar-refractivity contribution in [3.63, 3.8) is 0 Å². The lowest BCUT2D eigenvalue weighted by Crippen LogP contribution is -2.47. The van der Waals surface area contributed by atoms with E-state index in [0.717, 1.165) is 6.54 Å². The molecule has 1 fully saturated rings. The first-order chi connectivity index (χ1) is 8.33. The molecular formula is C13H22N2S2. The van der Waals surface area contributed by atoms with Gasteiger partial charge in [0.1, 0.15) is 0 Å². The minimum Gasteiger partial charge on any atom is -0.309 e. The lowest BCUT2D eigenvalue weighted by molar-refractivity contribution is 0.216. The molecule has 0 radical (unpaired) electrons. The van der Waals surface area contributed by atoms with Crippen LogP contribution in [0, 0.1) is 0 Å². The Labute approximate surface area is 113 Å². The van der Waals surface area contributed by atoms with Gasteiger partial charge in [-0.15, -0.1) is 0 Å². The molecule has 1 aliphatic heterocycles. The molecule has 4 heteroatoms. The monoisotopic (exact) mass is 270 g/mol. The molecule has 0 aliphatic carbocycles. The molecule has 1 saturated heterocycles.